The van der Waals surface area contributed by atoms with E-state index in [-0.39, 0.29) is 17.6 Å². The van der Waals surface area contributed by atoms with Crippen LogP contribution in [-0.4, -0.2) is 24.6 Å². The van der Waals surface area contributed by atoms with E-state index in [1.165, 1.54) is 30.6 Å². The Morgan fingerprint density at radius 2 is 2.19 bits per heavy atom. The average molecular weight is 384 g/mol. The molecule has 3 aromatic rings. The highest BCUT2D eigenvalue weighted by Crippen LogP contribution is 2.33. The number of anilines is 1. The van der Waals surface area contributed by atoms with Crippen molar-refractivity contribution < 1.29 is 18.7 Å². The summed E-state index contributed by atoms with van der Waals surface area (Å²) in [6.07, 6.45) is 0.623. The maximum Gasteiger partial charge on any atom is 0.233 e. The predicted molar refractivity (Wildman–Crippen MR) is 102 cm³/mol. The number of aromatic nitrogens is 1. The van der Waals surface area contributed by atoms with Crippen molar-refractivity contribution in [3.63, 3.8) is 0 Å². The topological polar surface area (TPSA) is 60.5 Å². The molecule has 4 rings (SSSR count). The van der Waals surface area contributed by atoms with E-state index in [2.05, 4.69) is 10.3 Å². The molecule has 5 nitrogen and oxygen atoms in total. The largest absolute Gasteiger partial charge is 0.496 e. The fourth-order valence-corrected chi connectivity index (χ4v) is 3.75. The molecular formula is C20H17FN2O3S. The van der Waals surface area contributed by atoms with E-state index in [1.807, 2.05) is 24.3 Å². The second-order valence-electron chi connectivity index (χ2n) is 6.19. The van der Waals surface area contributed by atoms with Gasteiger partial charge in [0.1, 0.15) is 23.9 Å². The van der Waals surface area contributed by atoms with E-state index in [0.29, 0.717) is 35.2 Å². The van der Waals surface area contributed by atoms with Gasteiger partial charge in [-0.1, -0.05) is 18.2 Å². The number of thiazole rings is 1. The normalized spacial score (nSPS) is 15.6. The van der Waals surface area contributed by atoms with Crippen LogP contribution in [0.25, 0.3) is 11.3 Å². The van der Waals surface area contributed by atoms with E-state index in [0.717, 1.165) is 11.3 Å². The first-order chi connectivity index (χ1) is 13.1. The first-order valence-electron chi connectivity index (χ1n) is 8.45. The van der Waals surface area contributed by atoms with E-state index < -0.39 is 0 Å². The summed E-state index contributed by atoms with van der Waals surface area (Å²) in [4.78, 5) is 17.0. The number of methoxy groups -OCH3 is 1. The van der Waals surface area contributed by atoms with Crippen molar-refractivity contribution in [1.82, 2.24) is 4.98 Å². The monoisotopic (exact) mass is 384 g/mol. The third kappa shape index (κ3) is 3.64. The van der Waals surface area contributed by atoms with Gasteiger partial charge in [-0.25, -0.2) is 9.37 Å². The van der Waals surface area contributed by atoms with Crippen molar-refractivity contribution >= 4 is 22.4 Å². The fourth-order valence-electron chi connectivity index (χ4n) is 3.04. The molecular weight excluding hydrogens is 367 g/mol. The molecule has 0 spiro atoms. The zero-order valence-corrected chi connectivity index (χ0v) is 15.4. The zero-order valence-electron chi connectivity index (χ0n) is 14.6. The maximum atomic E-state index is 13.6. The quantitative estimate of drug-likeness (QED) is 0.734. The van der Waals surface area contributed by atoms with Crippen molar-refractivity contribution in [3.8, 4) is 22.8 Å². The molecule has 1 N–H and O–H groups in total. The molecule has 1 amide bonds. The third-order valence-electron chi connectivity index (χ3n) is 4.42. The van der Waals surface area contributed by atoms with Gasteiger partial charge in [0.15, 0.2) is 5.13 Å². The predicted octanol–water partition coefficient (Wildman–Crippen LogP) is 4.15. The number of amides is 1. The molecule has 2 heterocycles. The van der Waals surface area contributed by atoms with E-state index >= 15 is 0 Å². The van der Waals surface area contributed by atoms with Gasteiger partial charge >= 0.3 is 0 Å². The SMILES string of the molecule is COc1ccc(F)cc1-c1csc(NC(=O)[C@@H]2COc3ccccc3C2)n1. The second-order valence-corrected chi connectivity index (χ2v) is 7.05. The Bertz CT molecular complexity index is 989. The van der Waals surface area contributed by atoms with Crippen molar-refractivity contribution in [1.29, 1.82) is 0 Å². The fraction of sp³-hybridized carbons (Fsp3) is 0.200. The van der Waals surface area contributed by atoms with E-state index in [4.69, 9.17) is 9.47 Å². The van der Waals surface area contributed by atoms with Gasteiger partial charge in [0.2, 0.25) is 5.91 Å². The summed E-state index contributed by atoms with van der Waals surface area (Å²) < 4.78 is 24.5. The van der Waals surface area contributed by atoms with Crippen LogP contribution in [-0.2, 0) is 11.2 Å². The molecule has 0 saturated carbocycles. The summed E-state index contributed by atoms with van der Waals surface area (Å²) in [6, 6.07) is 12.0. The number of carbonyl (C=O) groups excluding carboxylic acids is 1. The highest BCUT2D eigenvalue weighted by molar-refractivity contribution is 7.14. The summed E-state index contributed by atoms with van der Waals surface area (Å²) in [5.41, 5.74) is 2.12. The number of fused-ring (bicyclic) bond motifs is 1. The van der Waals surface area contributed by atoms with E-state index in [9.17, 15) is 9.18 Å². The average Bonchev–Trinajstić information content (AvgIpc) is 3.16. The van der Waals surface area contributed by atoms with Crippen LogP contribution in [0.4, 0.5) is 9.52 Å². The Hall–Kier alpha value is -2.93. The molecule has 0 saturated heterocycles. The Balaban J connectivity index is 1.49. The van der Waals surface area contributed by atoms with Crippen LogP contribution >= 0.6 is 11.3 Å². The molecule has 0 aliphatic carbocycles. The van der Waals surface area contributed by atoms with Gasteiger partial charge < -0.3 is 14.8 Å². The third-order valence-corrected chi connectivity index (χ3v) is 5.18. The number of hydrogen-bond acceptors (Lipinski definition) is 5. The molecule has 0 radical (unpaired) electrons. The summed E-state index contributed by atoms with van der Waals surface area (Å²) in [5.74, 6) is 0.558. The van der Waals surface area contributed by atoms with Crippen molar-refractivity contribution in [2.24, 2.45) is 5.92 Å². The highest BCUT2D eigenvalue weighted by Gasteiger charge is 2.26. The second kappa shape index (κ2) is 7.36. The molecule has 1 aliphatic rings. The lowest BCUT2D eigenvalue weighted by molar-refractivity contribution is -0.121. The van der Waals surface area contributed by atoms with Gasteiger partial charge in [0, 0.05) is 10.9 Å². The van der Waals surface area contributed by atoms with Gasteiger partial charge in [-0.05, 0) is 36.2 Å². The summed E-state index contributed by atoms with van der Waals surface area (Å²) >= 11 is 1.29. The van der Waals surface area contributed by atoms with Gasteiger partial charge in [-0.15, -0.1) is 11.3 Å². The van der Waals surface area contributed by atoms with Gasteiger partial charge in [-0.2, -0.15) is 0 Å². The van der Waals surface area contributed by atoms with E-state index in [1.54, 1.807) is 11.4 Å². The minimum absolute atomic E-state index is 0.142. The number of ether oxygens (including phenoxy) is 2. The molecule has 0 fully saturated rings. The van der Waals surface area contributed by atoms with Crippen LogP contribution in [0.5, 0.6) is 11.5 Å². The molecule has 1 atom stereocenters. The number of para-hydroxylation sites is 1. The van der Waals surface area contributed by atoms with Crippen LogP contribution < -0.4 is 14.8 Å². The molecule has 7 heteroatoms. The number of carbonyl (C=O) groups is 1. The van der Waals surface area contributed by atoms with Gasteiger partial charge in [-0.3, -0.25) is 4.79 Å². The standard InChI is InChI=1S/C20H17FN2O3S/c1-25-18-7-6-14(21)9-15(18)16-11-27-20(22-16)23-19(24)13-8-12-4-2-3-5-17(12)26-10-13/h2-7,9,11,13H,8,10H2,1H3,(H,22,23,24)/t13-/m0/s1. The molecule has 0 unspecified atom stereocenters. The first kappa shape index (κ1) is 17.5. The molecule has 1 aliphatic heterocycles. The number of nitrogens with zero attached hydrogens (tertiary/aromatic N) is 1. The van der Waals surface area contributed by atoms with Crippen molar-refractivity contribution in [2.45, 2.75) is 6.42 Å². The van der Waals surface area contributed by atoms with Crippen LogP contribution in [0.3, 0.4) is 0 Å². The molecule has 138 valence electrons. The molecule has 0 bridgehead atoms. The lowest BCUT2D eigenvalue weighted by atomic mass is 9.96. The zero-order chi connectivity index (χ0) is 18.8. The van der Waals surface area contributed by atoms with Crippen molar-refractivity contribution in [2.75, 3.05) is 19.0 Å². The Labute approximate surface area is 159 Å². The van der Waals surface area contributed by atoms with Crippen LogP contribution in [0.15, 0.2) is 47.8 Å². The smallest absolute Gasteiger partial charge is 0.233 e. The Morgan fingerprint density at radius 1 is 1.33 bits per heavy atom. The first-order valence-corrected chi connectivity index (χ1v) is 9.33. The summed E-state index contributed by atoms with van der Waals surface area (Å²) in [5, 5.41) is 5.06. The number of nitrogens with one attached hydrogen (secondary N) is 1. The Morgan fingerprint density at radius 3 is 3.04 bits per heavy atom. The summed E-state index contributed by atoms with van der Waals surface area (Å²) in [7, 11) is 1.52. The number of benzene rings is 2. The maximum absolute atomic E-state index is 13.6. The highest BCUT2D eigenvalue weighted by atomic mass is 32.1. The summed E-state index contributed by atoms with van der Waals surface area (Å²) in [6.45, 7) is 0.332. The van der Waals surface area contributed by atoms with Gasteiger partial charge in [0.25, 0.3) is 0 Å². The minimum Gasteiger partial charge on any atom is -0.496 e. The number of halogens is 1. The van der Waals surface area contributed by atoms with Gasteiger partial charge in [0.05, 0.1) is 18.7 Å². The number of rotatable bonds is 4. The lowest BCUT2D eigenvalue weighted by Gasteiger charge is -2.24. The van der Waals surface area contributed by atoms with Crippen LogP contribution in [0, 0.1) is 11.7 Å². The van der Waals surface area contributed by atoms with Crippen LogP contribution in [0.2, 0.25) is 0 Å². The van der Waals surface area contributed by atoms with Crippen molar-refractivity contribution in [3.05, 3.63) is 59.2 Å². The molecule has 1 aromatic heterocycles. The van der Waals surface area contributed by atoms with Crippen LogP contribution in [0.1, 0.15) is 5.56 Å². The molecule has 27 heavy (non-hydrogen) atoms. The lowest BCUT2D eigenvalue weighted by Crippen LogP contribution is -2.32. The molecule has 2 aromatic carbocycles. The Kier molecular flexibility index (Phi) is 4.77. The number of hydrogen-bond donors (Lipinski definition) is 1. The minimum atomic E-state index is -0.373.